The number of halogens is 3. The molecule has 0 fully saturated rings. The maximum Gasteiger partial charge on any atom is 0.573 e. The monoisotopic (exact) mass is 492 g/mol. The van der Waals surface area contributed by atoms with Crippen LogP contribution in [0, 0.1) is 0 Å². The molecule has 9 nitrogen and oxygen atoms in total. The van der Waals surface area contributed by atoms with Gasteiger partial charge in [0.1, 0.15) is 16.4 Å². The second-order valence-electron chi connectivity index (χ2n) is 7.04. The number of aromatic nitrogens is 3. The lowest BCUT2D eigenvalue weighted by molar-refractivity contribution is -0.275. The van der Waals surface area contributed by atoms with Crippen molar-refractivity contribution >= 4 is 26.8 Å². The Morgan fingerprint density at radius 3 is 2.53 bits per heavy atom. The minimum atomic E-state index is -5.12. The van der Waals surface area contributed by atoms with Crippen molar-refractivity contribution in [1.29, 1.82) is 0 Å². The number of pyridine rings is 1. The predicted molar refractivity (Wildman–Crippen MR) is 112 cm³/mol. The molecule has 0 saturated heterocycles. The van der Waals surface area contributed by atoms with E-state index in [1.165, 1.54) is 36.7 Å². The van der Waals surface area contributed by atoms with Gasteiger partial charge in [-0.1, -0.05) is 12.1 Å². The maximum absolute atomic E-state index is 12.9. The summed E-state index contributed by atoms with van der Waals surface area (Å²) in [5, 5.41) is 19.4. The summed E-state index contributed by atoms with van der Waals surface area (Å²) in [5.41, 5.74) is 1.37. The van der Waals surface area contributed by atoms with Gasteiger partial charge in [0.2, 0.25) is 9.84 Å². The highest BCUT2D eigenvalue weighted by Gasteiger charge is 2.34. The molecule has 2 aromatic heterocycles. The van der Waals surface area contributed by atoms with Gasteiger partial charge in [0.15, 0.2) is 5.65 Å². The van der Waals surface area contributed by atoms with Crippen LogP contribution in [0.4, 0.5) is 13.2 Å². The second kappa shape index (κ2) is 8.67. The molecule has 2 aromatic carbocycles. The van der Waals surface area contributed by atoms with E-state index in [1.807, 2.05) is 0 Å². The number of amides is 1. The Kier molecular flexibility index (Phi) is 5.87. The van der Waals surface area contributed by atoms with Crippen molar-refractivity contribution in [1.82, 2.24) is 20.5 Å². The Bertz CT molecular complexity index is 1470. The third-order valence-corrected chi connectivity index (χ3v) is 6.47. The molecular weight excluding hydrogens is 477 g/mol. The molecule has 1 amide bonds. The highest BCUT2D eigenvalue weighted by molar-refractivity contribution is 7.91. The van der Waals surface area contributed by atoms with E-state index in [0.717, 1.165) is 12.1 Å². The average molecular weight is 492 g/mol. The molecule has 176 valence electrons. The van der Waals surface area contributed by atoms with E-state index in [2.05, 4.69) is 25.2 Å². The number of hydrogen-bond donors (Lipinski definition) is 3. The SMILES string of the molecule is O=C(NCc1ccc(S(=O)(=O)c2cc(O)ccc2OC(F)(F)F)cc1)c1cnc2[nH]ncc2c1. The zero-order valence-corrected chi connectivity index (χ0v) is 17.8. The van der Waals surface area contributed by atoms with Gasteiger partial charge in [-0.25, -0.2) is 13.4 Å². The number of carbonyl (C=O) groups is 1. The fourth-order valence-corrected chi connectivity index (χ4v) is 4.47. The van der Waals surface area contributed by atoms with E-state index in [9.17, 15) is 31.5 Å². The number of hydrogen-bond acceptors (Lipinski definition) is 7. The summed E-state index contributed by atoms with van der Waals surface area (Å²) in [6, 6.07) is 9.04. The molecule has 3 N–H and O–H groups in total. The van der Waals surface area contributed by atoms with Gasteiger partial charge >= 0.3 is 6.36 Å². The van der Waals surface area contributed by atoms with Gasteiger partial charge in [-0.2, -0.15) is 5.10 Å². The number of ether oxygens (including phenoxy) is 1. The lowest BCUT2D eigenvalue weighted by atomic mass is 10.2. The molecule has 0 radical (unpaired) electrons. The number of rotatable bonds is 6. The van der Waals surface area contributed by atoms with Crippen LogP contribution in [0.5, 0.6) is 11.5 Å². The van der Waals surface area contributed by atoms with Crippen molar-refractivity contribution in [3.63, 3.8) is 0 Å². The van der Waals surface area contributed by atoms with Crippen LogP contribution >= 0.6 is 0 Å². The standard InChI is InChI=1S/C21H15F3N4O5S/c22-21(23,24)33-17-6-3-15(29)8-18(17)34(31,32)16-4-1-12(2-5-16)9-26-20(30)14-7-13-11-27-28-19(13)25-10-14/h1-8,10-11,29H,9H2,(H,26,30)(H,25,27,28). The summed E-state index contributed by atoms with van der Waals surface area (Å²) in [4.78, 5) is 15.3. The number of phenols is 1. The Balaban J connectivity index is 1.51. The molecule has 34 heavy (non-hydrogen) atoms. The first-order valence-corrected chi connectivity index (χ1v) is 11.0. The first kappa shape index (κ1) is 23.0. The highest BCUT2D eigenvalue weighted by atomic mass is 32.2. The summed E-state index contributed by atoms with van der Waals surface area (Å²) in [6.07, 6.45) is -2.22. The molecule has 0 spiro atoms. The number of fused-ring (bicyclic) bond motifs is 1. The number of sulfone groups is 1. The minimum Gasteiger partial charge on any atom is -0.508 e. The maximum atomic E-state index is 12.9. The molecule has 2 heterocycles. The predicted octanol–water partition coefficient (Wildman–Crippen LogP) is 3.32. The molecule has 0 unspecified atom stereocenters. The molecular formula is C21H15F3N4O5S. The van der Waals surface area contributed by atoms with Gasteiger partial charge in [-0.3, -0.25) is 9.89 Å². The van der Waals surface area contributed by atoms with Crippen molar-refractivity contribution in [2.75, 3.05) is 0 Å². The van der Waals surface area contributed by atoms with Crippen LogP contribution in [0.1, 0.15) is 15.9 Å². The van der Waals surface area contributed by atoms with Crippen molar-refractivity contribution in [2.45, 2.75) is 22.7 Å². The van der Waals surface area contributed by atoms with Crippen LogP contribution in [0.15, 0.2) is 70.7 Å². The Hall–Kier alpha value is -4.13. The average Bonchev–Trinajstić information content (AvgIpc) is 3.26. The number of nitrogens with one attached hydrogen (secondary N) is 2. The molecule has 0 bridgehead atoms. The van der Waals surface area contributed by atoms with E-state index in [0.29, 0.717) is 28.2 Å². The summed E-state index contributed by atoms with van der Waals surface area (Å²) in [7, 11) is -4.46. The van der Waals surface area contributed by atoms with Gasteiger partial charge in [-0.15, -0.1) is 13.2 Å². The molecule has 4 aromatic rings. The van der Waals surface area contributed by atoms with Crippen LogP contribution in [0.2, 0.25) is 0 Å². The summed E-state index contributed by atoms with van der Waals surface area (Å²) in [5.74, 6) is -1.93. The van der Waals surface area contributed by atoms with Crippen molar-refractivity contribution in [3.8, 4) is 11.5 Å². The van der Waals surface area contributed by atoms with E-state index in [-0.39, 0.29) is 11.4 Å². The Morgan fingerprint density at radius 2 is 1.82 bits per heavy atom. The second-order valence-corrected chi connectivity index (χ2v) is 8.96. The van der Waals surface area contributed by atoms with E-state index < -0.39 is 38.5 Å². The number of carbonyl (C=O) groups excluding carboxylic acids is 1. The van der Waals surface area contributed by atoms with Gasteiger partial charge in [0.25, 0.3) is 5.91 Å². The van der Waals surface area contributed by atoms with Crippen LogP contribution in [0.25, 0.3) is 11.0 Å². The van der Waals surface area contributed by atoms with Crippen LogP contribution in [0.3, 0.4) is 0 Å². The number of phenolic OH excluding ortho intramolecular Hbond substituents is 1. The molecule has 0 aliphatic heterocycles. The number of alkyl halides is 3. The highest BCUT2D eigenvalue weighted by Crippen LogP contribution is 2.35. The fourth-order valence-electron chi connectivity index (χ4n) is 3.07. The Labute approximate surface area is 190 Å². The summed E-state index contributed by atoms with van der Waals surface area (Å²) in [6.45, 7) is 0.0527. The van der Waals surface area contributed by atoms with Gasteiger partial charge in [-0.05, 0) is 35.9 Å². The molecule has 0 aliphatic rings. The van der Waals surface area contributed by atoms with Gasteiger partial charge < -0.3 is 15.2 Å². The first-order valence-electron chi connectivity index (χ1n) is 9.53. The molecule has 4 rings (SSSR count). The molecule has 0 saturated carbocycles. The molecule has 13 heteroatoms. The third kappa shape index (κ3) is 4.93. The minimum absolute atomic E-state index is 0.0527. The smallest absolute Gasteiger partial charge is 0.508 e. The molecule has 0 atom stereocenters. The first-order chi connectivity index (χ1) is 16.0. The van der Waals surface area contributed by atoms with Crippen LogP contribution in [-0.2, 0) is 16.4 Å². The summed E-state index contributed by atoms with van der Waals surface area (Å²) < 4.78 is 67.6. The van der Waals surface area contributed by atoms with Crippen molar-refractivity contribution in [2.24, 2.45) is 0 Å². The number of benzene rings is 2. The Morgan fingerprint density at radius 1 is 1.09 bits per heavy atom. The number of aromatic amines is 1. The van der Waals surface area contributed by atoms with E-state index in [4.69, 9.17) is 0 Å². The van der Waals surface area contributed by atoms with E-state index >= 15 is 0 Å². The van der Waals surface area contributed by atoms with Crippen molar-refractivity contribution < 1.29 is 36.2 Å². The molecule has 0 aliphatic carbocycles. The van der Waals surface area contributed by atoms with Gasteiger partial charge in [0, 0.05) is 24.2 Å². The lowest BCUT2D eigenvalue weighted by Crippen LogP contribution is -2.23. The zero-order chi connectivity index (χ0) is 24.5. The van der Waals surface area contributed by atoms with Gasteiger partial charge in [0.05, 0.1) is 16.7 Å². The fraction of sp³-hybridized carbons (Fsp3) is 0.0952. The van der Waals surface area contributed by atoms with Crippen molar-refractivity contribution in [3.05, 3.63) is 72.1 Å². The normalized spacial score (nSPS) is 12.0. The largest absolute Gasteiger partial charge is 0.573 e. The number of nitrogens with zero attached hydrogens (tertiary/aromatic N) is 2. The van der Waals surface area contributed by atoms with E-state index in [1.54, 1.807) is 6.07 Å². The van der Waals surface area contributed by atoms with Crippen LogP contribution in [-0.4, -0.2) is 41.0 Å². The van der Waals surface area contributed by atoms with Crippen LogP contribution < -0.4 is 10.1 Å². The topological polar surface area (TPSA) is 134 Å². The lowest BCUT2D eigenvalue weighted by Gasteiger charge is -2.14. The number of H-pyrrole nitrogens is 1. The third-order valence-electron chi connectivity index (χ3n) is 4.68. The number of aromatic hydroxyl groups is 1. The zero-order valence-electron chi connectivity index (χ0n) is 17.0. The quantitative estimate of drug-likeness (QED) is 0.376. The summed E-state index contributed by atoms with van der Waals surface area (Å²) >= 11 is 0.